The highest BCUT2D eigenvalue weighted by atomic mass is 14.2. The first-order chi connectivity index (χ1) is 24.3. The number of hydrogen-bond donors (Lipinski definition) is 0. The molecular formula is C49H88. The molecule has 0 nitrogen and oxygen atoms in total. The molecule has 0 fully saturated rings. The average molecular weight is 677 g/mol. The van der Waals surface area contributed by atoms with Crippen molar-refractivity contribution in [2.45, 2.75) is 264 Å². The summed E-state index contributed by atoms with van der Waals surface area (Å²) in [6, 6.07) is 0. The summed E-state index contributed by atoms with van der Waals surface area (Å²) in [6.45, 7) is 4.62. The van der Waals surface area contributed by atoms with Crippen molar-refractivity contribution in [3.05, 3.63) is 46.6 Å². The molecule has 0 aromatic rings. The first-order valence-electron chi connectivity index (χ1n) is 23.2. The Balaban J connectivity index is 1.31. The molecular weight excluding hydrogens is 589 g/mol. The molecule has 2 aliphatic rings. The van der Waals surface area contributed by atoms with Crippen LogP contribution in [0.5, 0.6) is 0 Å². The molecule has 2 aliphatic carbocycles. The zero-order valence-corrected chi connectivity index (χ0v) is 33.9. The van der Waals surface area contributed by atoms with Gasteiger partial charge in [0.1, 0.15) is 0 Å². The molecule has 0 aromatic heterocycles. The molecule has 0 radical (unpaired) electrons. The van der Waals surface area contributed by atoms with Crippen LogP contribution < -0.4 is 0 Å². The van der Waals surface area contributed by atoms with Crippen molar-refractivity contribution >= 4 is 0 Å². The fourth-order valence-corrected chi connectivity index (χ4v) is 8.31. The third-order valence-electron chi connectivity index (χ3n) is 11.7. The first kappa shape index (κ1) is 44.1. The van der Waals surface area contributed by atoms with Gasteiger partial charge in [-0.3, -0.25) is 0 Å². The molecule has 0 spiro atoms. The number of fused-ring (bicyclic) bond motifs is 1. The van der Waals surface area contributed by atoms with E-state index in [-0.39, 0.29) is 0 Å². The lowest BCUT2D eigenvalue weighted by Gasteiger charge is -2.16. The lowest BCUT2D eigenvalue weighted by atomic mass is 9.89. The second-order valence-electron chi connectivity index (χ2n) is 16.5. The second-order valence-corrected chi connectivity index (χ2v) is 16.5. The van der Waals surface area contributed by atoms with Gasteiger partial charge < -0.3 is 0 Å². The molecule has 0 bridgehead atoms. The van der Waals surface area contributed by atoms with Crippen molar-refractivity contribution in [3.63, 3.8) is 0 Å². The van der Waals surface area contributed by atoms with Crippen LogP contribution in [0.15, 0.2) is 46.6 Å². The van der Waals surface area contributed by atoms with Gasteiger partial charge in [-0.15, -0.1) is 0 Å². The Morgan fingerprint density at radius 3 is 1.00 bits per heavy atom. The van der Waals surface area contributed by atoms with Crippen LogP contribution in [0.2, 0.25) is 0 Å². The Morgan fingerprint density at radius 2 is 0.653 bits per heavy atom. The van der Waals surface area contributed by atoms with E-state index in [0.717, 1.165) is 0 Å². The quantitative estimate of drug-likeness (QED) is 0.0571. The number of rotatable bonds is 38. The molecule has 0 atom stereocenters. The fraction of sp³-hybridized carbons (Fsp3) is 0.837. The normalized spacial score (nSPS) is 14.2. The largest absolute Gasteiger partial charge is 0.0723 e. The molecule has 0 aliphatic heterocycles. The van der Waals surface area contributed by atoms with Crippen LogP contribution in [-0.2, 0) is 0 Å². The van der Waals surface area contributed by atoms with Gasteiger partial charge in [0.05, 0.1) is 0 Å². The summed E-state index contributed by atoms with van der Waals surface area (Å²) in [4.78, 5) is 0. The van der Waals surface area contributed by atoms with Gasteiger partial charge >= 0.3 is 0 Å². The smallest absolute Gasteiger partial charge is 0.0126 e. The van der Waals surface area contributed by atoms with Gasteiger partial charge in [-0.1, -0.05) is 262 Å². The van der Waals surface area contributed by atoms with E-state index >= 15 is 0 Å². The molecule has 2 rings (SSSR count). The van der Waals surface area contributed by atoms with Gasteiger partial charge in [0, 0.05) is 0 Å². The standard InChI is InChI=1S/C49H88/c1-3-5-7-9-11-13-15-17-19-21-23-25-27-29-31-33-35-37-39-46-41-44-49-47(42-43-48(49)45-46)40-38-36-34-32-30-28-26-24-22-20-18-16-14-12-10-8-6-4-2/h42-45H,3-41H2,1-2H3. The van der Waals surface area contributed by atoms with E-state index in [9.17, 15) is 0 Å². The summed E-state index contributed by atoms with van der Waals surface area (Å²) in [7, 11) is 0. The van der Waals surface area contributed by atoms with Gasteiger partial charge in [-0.25, -0.2) is 0 Å². The molecule has 49 heavy (non-hydrogen) atoms. The zero-order valence-electron chi connectivity index (χ0n) is 33.9. The van der Waals surface area contributed by atoms with Gasteiger partial charge in [-0.2, -0.15) is 0 Å². The second kappa shape index (κ2) is 34.1. The van der Waals surface area contributed by atoms with Crippen LogP contribution in [0.4, 0.5) is 0 Å². The van der Waals surface area contributed by atoms with Gasteiger partial charge in [0.15, 0.2) is 0 Å². The predicted octanol–water partition coefficient (Wildman–Crippen LogP) is 18.0. The number of unbranched alkanes of at least 4 members (excludes halogenated alkanes) is 34. The molecule has 0 saturated heterocycles. The van der Waals surface area contributed by atoms with Gasteiger partial charge in [0.2, 0.25) is 0 Å². The summed E-state index contributed by atoms with van der Waals surface area (Å²) in [5.74, 6) is 0. The lowest BCUT2D eigenvalue weighted by molar-refractivity contribution is 0.525. The van der Waals surface area contributed by atoms with Crippen molar-refractivity contribution in [2.75, 3.05) is 0 Å². The maximum Gasteiger partial charge on any atom is -0.0126 e. The van der Waals surface area contributed by atoms with E-state index in [0.29, 0.717) is 0 Å². The summed E-state index contributed by atoms with van der Waals surface area (Å²) >= 11 is 0. The molecule has 0 aromatic carbocycles. The van der Waals surface area contributed by atoms with Crippen LogP contribution in [0.1, 0.15) is 264 Å². The van der Waals surface area contributed by atoms with Crippen LogP contribution in [0.3, 0.4) is 0 Å². The Bertz CT molecular complexity index is 849. The summed E-state index contributed by atoms with van der Waals surface area (Å²) in [5.41, 5.74) is 6.39. The minimum Gasteiger partial charge on any atom is -0.0723 e. The number of allylic oxidation sites excluding steroid dienone is 8. The maximum atomic E-state index is 2.56. The zero-order chi connectivity index (χ0) is 34.7. The lowest BCUT2D eigenvalue weighted by Crippen LogP contribution is -1.97. The highest BCUT2D eigenvalue weighted by Gasteiger charge is 2.17. The number of hydrogen-bond acceptors (Lipinski definition) is 0. The maximum absolute atomic E-state index is 2.56. The third kappa shape index (κ3) is 25.5. The van der Waals surface area contributed by atoms with E-state index in [1.807, 2.05) is 0 Å². The molecule has 0 unspecified atom stereocenters. The SMILES string of the molecule is CCCCCCCCCCCCCCCCCCCCC1=CC2=CC=C(CCCCCCCCCCCCCCCCCCCC)C2=CC1. The van der Waals surface area contributed by atoms with Crippen LogP contribution >= 0.6 is 0 Å². The van der Waals surface area contributed by atoms with E-state index in [2.05, 4.69) is 38.2 Å². The molecule has 0 heterocycles. The fourth-order valence-electron chi connectivity index (χ4n) is 8.31. The van der Waals surface area contributed by atoms with Crippen molar-refractivity contribution in [2.24, 2.45) is 0 Å². The van der Waals surface area contributed by atoms with Crippen molar-refractivity contribution in [1.82, 2.24) is 0 Å². The summed E-state index contributed by atoms with van der Waals surface area (Å²) in [6.07, 6.45) is 66.2. The highest BCUT2D eigenvalue weighted by Crippen LogP contribution is 2.36. The Kier molecular flexibility index (Phi) is 30.7. The topological polar surface area (TPSA) is 0 Å². The Hall–Kier alpha value is -1.04. The molecule has 0 heteroatoms. The van der Waals surface area contributed by atoms with Crippen LogP contribution in [0.25, 0.3) is 0 Å². The Labute approximate surface area is 309 Å². The van der Waals surface area contributed by atoms with Crippen molar-refractivity contribution < 1.29 is 0 Å². The monoisotopic (exact) mass is 677 g/mol. The molecule has 0 amide bonds. The van der Waals surface area contributed by atoms with E-state index in [1.54, 1.807) is 16.7 Å². The van der Waals surface area contributed by atoms with Crippen LogP contribution in [-0.4, -0.2) is 0 Å². The Morgan fingerprint density at radius 1 is 0.347 bits per heavy atom. The minimum absolute atomic E-state index is 1.20. The molecule has 284 valence electrons. The third-order valence-corrected chi connectivity index (χ3v) is 11.7. The molecule has 0 N–H and O–H groups in total. The predicted molar refractivity (Wildman–Crippen MR) is 224 cm³/mol. The van der Waals surface area contributed by atoms with Crippen LogP contribution in [0, 0.1) is 0 Å². The van der Waals surface area contributed by atoms with E-state index in [4.69, 9.17) is 0 Å². The average Bonchev–Trinajstić information content (AvgIpc) is 3.52. The van der Waals surface area contributed by atoms with Crippen molar-refractivity contribution in [1.29, 1.82) is 0 Å². The summed E-state index contributed by atoms with van der Waals surface area (Å²) < 4.78 is 0. The first-order valence-corrected chi connectivity index (χ1v) is 23.2. The minimum atomic E-state index is 1.20. The van der Waals surface area contributed by atoms with Gasteiger partial charge in [-0.05, 0) is 48.8 Å². The van der Waals surface area contributed by atoms with Crippen molar-refractivity contribution in [3.8, 4) is 0 Å². The van der Waals surface area contributed by atoms with E-state index < -0.39 is 0 Å². The highest BCUT2D eigenvalue weighted by molar-refractivity contribution is 5.62. The van der Waals surface area contributed by atoms with E-state index in [1.165, 1.54) is 256 Å². The summed E-state index contributed by atoms with van der Waals surface area (Å²) in [5, 5.41) is 0. The van der Waals surface area contributed by atoms with Gasteiger partial charge in [0.25, 0.3) is 0 Å². The molecule has 0 saturated carbocycles.